The van der Waals surface area contributed by atoms with Gasteiger partial charge in [0.2, 0.25) is 5.96 Å². The average molecular weight is 226 g/mol. The summed E-state index contributed by atoms with van der Waals surface area (Å²) in [6, 6.07) is 0.811. The van der Waals surface area contributed by atoms with E-state index < -0.39 is 0 Å². The number of hydrazine groups is 1. The van der Waals surface area contributed by atoms with Crippen molar-refractivity contribution in [3.8, 4) is 0 Å². The predicted molar refractivity (Wildman–Crippen MR) is 64.0 cm³/mol. The number of rotatable bonds is 1. The van der Waals surface area contributed by atoms with Crippen LogP contribution in [0.5, 0.6) is 0 Å². The number of nitrogens with one attached hydrogen (secondary N) is 1. The first kappa shape index (κ1) is 11.7. The Morgan fingerprint density at radius 1 is 1.44 bits per heavy atom. The fraction of sp³-hybridized carbons (Fsp3) is 0.909. The maximum atomic E-state index is 5.58. The second-order valence-electron chi connectivity index (χ2n) is 4.65. The molecule has 0 radical (unpaired) electrons. The van der Waals surface area contributed by atoms with Crippen LogP contribution in [0.2, 0.25) is 0 Å². The van der Waals surface area contributed by atoms with E-state index in [1.54, 1.807) is 0 Å². The minimum absolute atomic E-state index is 0.352. The second-order valence-corrected chi connectivity index (χ2v) is 4.65. The van der Waals surface area contributed by atoms with Crippen molar-refractivity contribution in [1.29, 1.82) is 0 Å². The number of morpholine rings is 1. The molecule has 0 aromatic carbocycles. The summed E-state index contributed by atoms with van der Waals surface area (Å²) in [7, 11) is 0. The van der Waals surface area contributed by atoms with Crippen LogP contribution in [0.1, 0.15) is 32.6 Å². The summed E-state index contributed by atoms with van der Waals surface area (Å²) in [6.07, 6.45) is 4.99. The fourth-order valence-electron chi connectivity index (χ4n) is 2.44. The molecule has 92 valence electrons. The maximum absolute atomic E-state index is 5.58. The molecular formula is C11H22N4O. The molecular weight excluding hydrogens is 204 g/mol. The van der Waals surface area contributed by atoms with Gasteiger partial charge in [-0.05, 0) is 19.8 Å². The van der Waals surface area contributed by atoms with Crippen LogP contribution in [0.25, 0.3) is 0 Å². The van der Waals surface area contributed by atoms with Crippen LogP contribution < -0.4 is 11.3 Å². The third-order valence-electron chi connectivity index (χ3n) is 3.40. The van der Waals surface area contributed by atoms with Crippen LogP contribution in [0.4, 0.5) is 0 Å². The first-order valence-electron chi connectivity index (χ1n) is 6.20. The highest BCUT2D eigenvalue weighted by Gasteiger charge is 2.23. The van der Waals surface area contributed by atoms with Gasteiger partial charge in [0.1, 0.15) is 0 Å². The van der Waals surface area contributed by atoms with Gasteiger partial charge in [0.05, 0.1) is 25.3 Å². The number of aliphatic imine (C=N–C) groups is 1. The number of guanidine groups is 1. The van der Waals surface area contributed by atoms with Crippen LogP contribution in [0.15, 0.2) is 4.99 Å². The van der Waals surface area contributed by atoms with Gasteiger partial charge in [-0.1, -0.05) is 12.8 Å². The smallest absolute Gasteiger partial charge is 0.209 e. The Kier molecular flexibility index (Phi) is 4.01. The van der Waals surface area contributed by atoms with Crippen LogP contribution in [0.3, 0.4) is 0 Å². The van der Waals surface area contributed by atoms with Crippen LogP contribution in [0, 0.1) is 0 Å². The Balaban J connectivity index is 2.01. The minimum Gasteiger partial charge on any atom is -0.377 e. The molecule has 16 heavy (non-hydrogen) atoms. The molecule has 2 aliphatic rings. The molecule has 2 fully saturated rings. The SMILES string of the molecule is CC1COCCN1C(=NC1CCCC1)NN. The van der Waals surface area contributed by atoms with Crippen molar-refractivity contribution in [3.63, 3.8) is 0 Å². The van der Waals surface area contributed by atoms with Gasteiger partial charge in [-0.15, -0.1) is 0 Å². The summed E-state index contributed by atoms with van der Waals surface area (Å²) in [4.78, 5) is 6.93. The van der Waals surface area contributed by atoms with E-state index in [0.29, 0.717) is 12.1 Å². The minimum atomic E-state index is 0.352. The van der Waals surface area contributed by atoms with Gasteiger partial charge in [-0.2, -0.15) is 0 Å². The van der Waals surface area contributed by atoms with Gasteiger partial charge < -0.3 is 9.64 Å². The van der Waals surface area contributed by atoms with Gasteiger partial charge in [0.15, 0.2) is 0 Å². The third kappa shape index (κ3) is 2.65. The van der Waals surface area contributed by atoms with Crippen molar-refractivity contribution >= 4 is 5.96 Å². The van der Waals surface area contributed by atoms with E-state index in [9.17, 15) is 0 Å². The molecule has 2 rings (SSSR count). The lowest BCUT2D eigenvalue weighted by Crippen LogP contribution is -2.54. The van der Waals surface area contributed by atoms with Crippen molar-refractivity contribution < 1.29 is 4.74 Å². The van der Waals surface area contributed by atoms with Crippen LogP contribution in [-0.4, -0.2) is 42.7 Å². The van der Waals surface area contributed by atoms with E-state index in [1.807, 2.05) is 0 Å². The lowest BCUT2D eigenvalue weighted by molar-refractivity contribution is 0.0313. The quantitative estimate of drug-likeness (QED) is 0.295. The van der Waals surface area contributed by atoms with Crippen LogP contribution in [-0.2, 0) is 4.74 Å². The Hall–Kier alpha value is -0.810. The normalized spacial score (nSPS) is 28.5. The molecule has 1 heterocycles. The predicted octanol–water partition coefficient (Wildman–Crippen LogP) is 0.469. The molecule has 1 saturated heterocycles. The summed E-state index contributed by atoms with van der Waals surface area (Å²) in [6.45, 7) is 4.53. The molecule has 0 bridgehead atoms. The average Bonchev–Trinajstić information content (AvgIpc) is 2.80. The van der Waals surface area contributed by atoms with E-state index in [-0.39, 0.29) is 0 Å². The molecule has 3 N–H and O–H groups in total. The maximum Gasteiger partial charge on any atom is 0.209 e. The monoisotopic (exact) mass is 226 g/mol. The summed E-state index contributed by atoms with van der Waals surface area (Å²) >= 11 is 0. The molecule has 5 heteroatoms. The van der Waals surface area contributed by atoms with Crippen molar-refractivity contribution in [2.24, 2.45) is 10.8 Å². The summed E-state index contributed by atoms with van der Waals surface area (Å²) in [5.74, 6) is 6.42. The third-order valence-corrected chi connectivity index (χ3v) is 3.40. The fourth-order valence-corrected chi connectivity index (χ4v) is 2.44. The van der Waals surface area contributed by atoms with Gasteiger partial charge in [-0.25, -0.2) is 10.8 Å². The van der Waals surface area contributed by atoms with Crippen molar-refractivity contribution in [2.45, 2.75) is 44.7 Å². The van der Waals surface area contributed by atoms with Crippen molar-refractivity contribution in [2.75, 3.05) is 19.8 Å². The topological polar surface area (TPSA) is 62.9 Å². The first-order valence-corrected chi connectivity index (χ1v) is 6.20. The molecule has 0 amide bonds. The zero-order chi connectivity index (χ0) is 11.4. The summed E-state index contributed by atoms with van der Waals surface area (Å²) in [5, 5.41) is 0. The molecule has 1 aliphatic carbocycles. The number of nitrogens with zero attached hydrogens (tertiary/aromatic N) is 2. The standard InChI is InChI=1S/C11H22N4O/c1-9-8-16-7-6-15(9)11(14-12)13-10-4-2-3-5-10/h9-10H,2-8,12H2,1H3,(H,13,14). The highest BCUT2D eigenvalue weighted by molar-refractivity contribution is 5.80. The molecule has 0 spiro atoms. The first-order chi connectivity index (χ1) is 7.81. The van der Waals surface area contributed by atoms with E-state index in [1.165, 1.54) is 25.7 Å². The number of ether oxygens (including phenoxy) is 1. The number of hydrogen-bond acceptors (Lipinski definition) is 3. The summed E-state index contributed by atoms with van der Waals surface area (Å²) < 4.78 is 5.41. The van der Waals surface area contributed by atoms with Gasteiger partial charge in [0.25, 0.3) is 0 Å². The van der Waals surface area contributed by atoms with Crippen molar-refractivity contribution in [3.05, 3.63) is 0 Å². The highest BCUT2D eigenvalue weighted by atomic mass is 16.5. The number of nitrogens with two attached hydrogens (primary N) is 1. The lowest BCUT2D eigenvalue weighted by Gasteiger charge is -2.35. The lowest BCUT2D eigenvalue weighted by atomic mass is 10.2. The largest absolute Gasteiger partial charge is 0.377 e. The van der Waals surface area contributed by atoms with E-state index >= 15 is 0 Å². The van der Waals surface area contributed by atoms with E-state index in [0.717, 1.165) is 25.7 Å². The van der Waals surface area contributed by atoms with Gasteiger partial charge in [-0.3, -0.25) is 5.43 Å². The molecule has 1 saturated carbocycles. The zero-order valence-corrected chi connectivity index (χ0v) is 9.98. The van der Waals surface area contributed by atoms with Crippen LogP contribution >= 0.6 is 0 Å². The highest BCUT2D eigenvalue weighted by Crippen LogP contribution is 2.21. The Morgan fingerprint density at radius 3 is 2.81 bits per heavy atom. The van der Waals surface area contributed by atoms with Gasteiger partial charge in [0, 0.05) is 6.54 Å². The zero-order valence-electron chi connectivity index (χ0n) is 9.98. The van der Waals surface area contributed by atoms with E-state index in [4.69, 9.17) is 15.6 Å². The molecule has 5 nitrogen and oxygen atoms in total. The van der Waals surface area contributed by atoms with Gasteiger partial charge >= 0.3 is 0 Å². The van der Waals surface area contributed by atoms with E-state index in [2.05, 4.69) is 17.2 Å². The molecule has 1 aliphatic heterocycles. The number of hydrogen-bond donors (Lipinski definition) is 2. The molecule has 0 aromatic rings. The Bertz CT molecular complexity index is 250. The summed E-state index contributed by atoms with van der Waals surface area (Å²) in [5.41, 5.74) is 2.75. The molecule has 1 unspecified atom stereocenters. The van der Waals surface area contributed by atoms with Crippen molar-refractivity contribution in [1.82, 2.24) is 10.3 Å². The Morgan fingerprint density at radius 2 is 2.19 bits per heavy atom. The molecule has 1 atom stereocenters. The second kappa shape index (κ2) is 5.50. The Labute approximate surface area is 97.0 Å². The molecule has 0 aromatic heterocycles.